The van der Waals surface area contributed by atoms with Crippen LogP contribution < -0.4 is 5.32 Å². The zero-order valence-electron chi connectivity index (χ0n) is 27.9. The van der Waals surface area contributed by atoms with Gasteiger partial charge in [-0.1, -0.05) is 124 Å². The Morgan fingerprint density at radius 3 is 1.80 bits per heavy atom. The molecule has 0 radical (unpaired) electrons. The van der Waals surface area contributed by atoms with Gasteiger partial charge in [0.25, 0.3) is 0 Å². The molecule has 234 valence electrons. The topological polar surface area (TPSA) is 12.0 Å². The molecule has 4 aliphatic carbocycles. The molecule has 1 N–H and O–H groups in total. The highest BCUT2D eigenvalue weighted by molar-refractivity contribution is 5.08. The van der Waals surface area contributed by atoms with Crippen LogP contribution in [0.3, 0.4) is 0 Å². The first-order valence-electron chi connectivity index (χ1n) is 19.3. The van der Waals surface area contributed by atoms with E-state index in [1.165, 1.54) is 135 Å². The Kier molecular flexibility index (Phi) is 14.2. The van der Waals surface area contributed by atoms with E-state index < -0.39 is 0 Å². The van der Waals surface area contributed by atoms with Crippen molar-refractivity contribution in [3.8, 4) is 0 Å². The Hall–Kier alpha value is -0.0400. The number of unbranched alkanes of at least 4 members (excludes halogenated alkanes) is 14. The van der Waals surface area contributed by atoms with Gasteiger partial charge in [0.2, 0.25) is 0 Å². The van der Waals surface area contributed by atoms with E-state index in [1.54, 1.807) is 51.4 Å². The van der Waals surface area contributed by atoms with Crippen LogP contribution in [0.1, 0.15) is 194 Å². The first-order valence-corrected chi connectivity index (χ1v) is 19.3. The van der Waals surface area contributed by atoms with E-state index >= 15 is 0 Å². The van der Waals surface area contributed by atoms with Crippen LogP contribution in [0.15, 0.2) is 0 Å². The fraction of sp³-hybridized carbons (Fsp3) is 1.00. The van der Waals surface area contributed by atoms with Crippen LogP contribution >= 0.6 is 0 Å². The lowest BCUT2D eigenvalue weighted by Crippen LogP contribution is -2.52. The monoisotopic (exact) mass is 556 g/mol. The number of rotatable bonds is 20. The van der Waals surface area contributed by atoms with E-state index in [9.17, 15) is 0 Å². The lowest BCUT2D eigenvalue weighted by atomic mass is 9.45. The summed E-state index contributed by atoms with van der Waals surface area (Å²) in [6.07, 6.45) is 40.3. The van der Waals surface area contributed by atoms with Crippen molar-refractivity contribution in [2.45, 2.75) is 194 Å². The van der Waals surface area contributed by atoms with Gasteiger partial charge >= 0.3 is 0 Å². The highest BCUT2D eigenvalue weighted by atomic mass is 14.8. The van der Waals surface area contributed by atoms with Gasteiger partial charge < -0.3 is 5.32 Å². The van der Waals surface area contributed by atoms with Crippen molar-refractivity contribution in [1.29, 1.82) is 0 Å². The van der Waals surface area contributed by atoms with Crippen molar-refractivity contribution in [3.63, 3.8) is 0 Å². The molecule has 0 spiro atoms. The molecule has 0 aromatic rings. The standard InChI is InChI=1S/C39H73N/c1-4-5-6-7-8-9-10-11-12-13-14-15-16-20-31-40-32-21-18-23-34-25-27-36-35-26-24-33-22-17-19-29-38(33,2)37(35)28-30-39(34,36)3/h33-37,40H,4-32H2,1-3H3/t33?,34-,35?,36?,37?,38-,39+/m0/s1. The maximum Gasteiger partial charge on any atom is -0.00489 e. The molecule has 0 bridgehead atoms. The average Bonchev–Trinajstić information content (AvgIpc) is 3.30. The van der Waals surface area contributed by atoms with Crippen LogP contribution in [-0.2, 0) is 0 Å². The van der Waals surface area contributed by atoms with Gasteiger partial charge in [0, 0.05) is 0 Å². The second-order valence-corrected chi connectivity index (χ2v) is 16.1. The highest BCUT2D eigenvalue weighted by Gasteiger charge is 2.59. The maximum absolute atomic E-state index is 3.79. The van der Waals surface area contributed by atoms with Gasteiger partial charge in [0.15, 0.2) is 0 Å². The third kappa shape index (κ3) is 8.76. The van der Waals surface area contributed by atoms with E-state index in [-0.39, 0.29) is 0 Å². The van der Waals surface area contributed by atoms with Gasteiger partial charge in [-0.05, 0) is 124 Å². The molecule has 0 aliphatic heterocycles. The van der Waals surface area contributed by atoms with E-state index in [0.29, 0.717) is 10.8 Å². The fourth-order valence-electron chi connectivity index (χ4n) is 11.1. The predicted octanol–water partition coefficient (Wildman–Crippen LogP) is 12.3. The Morgan fingerprint density at radius 1 is 0.525 bits per heavy atom. The minimum absolute atomic E-state index is 0.681. The zero-order chi connectivity index (χ0) is 28.1. The van der Waals surface area contributed by atoms with Crippen molar-refractivity contribution >= 4 is 0 Å². The molecule has 4 saturated carbocycles. The van der Waals surface area contributed by atoms with Crippen molar-refractivity contribution in [3.05, 3.63) is 0 Å². The van der Waals surface area contributed by atoms with Gasteiger partial charge in [-0.3, -0.25) is 0 Å². The first kappa shape index (κ1) is 32.9. The third-order valence-corrected chi connectivity index (χ3v) is 13.6. The van der Waals surface area contributed by atoms with Crippen LogP contribution in [0.2, 0.25) is 0 Å². The summed E-state index contributed by atoms with van der Waals surface area (Å²) in [5, 5.41) is 3.79. The summed E-state index contributed by atoms with van der Waals surface area (Å²) in [7, 11) is 0. The van der Waals surface area contributed by atoms with Crippen LogP contribution in [-0.4, -0.2) is 13.1 Å². The molecule has 4 fully saturated rings. The molecule has 1 nitrogen and oxygen atoms in total. The SMILES string of the molecule is CCCCCCCCCCCCCCCCNCCCC[C@H]1CCC2C3CCC4CCCC[C@]4(C)C3CC[C@@]21C. The molecular weight excluding hydrogens is 482 g/mol. The van der Waals surface area contributed by atoms with Crippen molar-refractivity contribution in [2.24, 2.45) is 40.4 Å². The summed E-state index contributed by atoms with van der Waals surface area (Å²) in [6.45, 7) is 10.3. The van der Waals surface area contributed by atoms with Crippen molar-refractivity contribution < 1.29 is 0 Å². The van der Waals surface area contributed by atoms with Gasteiger partial charge in [0.1, 0.15) is 0 Å². The first-order chi connectivity index (χ1) is 19.6. The lowest BCUT2D eigenvalue weighted by molar-refractivity contribution is -0.111. The molecule has 4 aliphatic rings. The average molecular weight is 556 g/mol. The molecule has 0 amide bonds. The van der Waals surface area contributed by atoms with Crippen LogP contribution in [0.25, 0.3) is 0 Å². The van der Waals surface area contributed by atoms with Gasteiger partial charge in [-0.2, -0.15) is 0 Å². The Bertz CT molecular complexity index is 672. The molecule has 4 rings (SSSR count). The number of hydrogen-bond acceptors (Lipinski definition) is 1. The smallest absolute Gasteiger partial charge is 0.00489 e. The molecule has 40 heavy (non-hydrogen) atoms. The molecular formula is C39H73N. The number of nitrogens with one attached hydrogen (secondary N) is 1. The Labute approximate surface area is 252 Å². The molecule has 0 aromatic heterocycles. The number of fused-ring (bicyclic) bond motifs is 5. The quantitative estimate of drug-likeness (QED) is 0.147. The van der Waals surface area contributed by atoms with E-state index in [1.807, 2.05) is 0 Å². The van der Waals surface area contributed by atoms with Crippen molar-refractivity contribution in [1.82, 2.24) is 5.32 Å². The molecule has 0 saturated heterocycles. The largest absolute Gasteiger partial charge is 0.317 e. The minimum Gasteiger partial charge on any atom is -0.317 e. The third-order valence-electron chi connectivity index (χ3n) is 13.6. The fourth-order valence-corrected chi connectivity index (χ4v) is 11.1. The summed E-state index contributed by atoms with van der Waals surface area (Å²) in [4.78, 5) is 0. The normalized spacial score (nSPS) is 35.3. The highest BCUT2D eigenvalue weighted by Crippen LogP contribution is 2.67. The molecule has 0 aromatic carbocycles. The van der Waals surface area contributed by atoms with E-state index in [2.05, 4.69) is 26.1 Å². The maximum atomic E-state index is 3.79. The predicted molar refractivity (Wildman–Crippen MR) is 177 cm³/mol. The number of hydrogen-bond donors (Lipinski definition) is 1. The molecule has 1 heteroatoms. The minimum atomic E-state index is 0.681. The Morgan fingerprint density at radius 2 is 1.12 bits per heavy atom. The molecule has 7 atom stereocenters. The summed E-state index contributed by atoms with van der Waals surface area (Å²) in [5.41, 5.74) is 1.39. The van der Waals surface area contributed by atoms with Crippen LogP contribution in [0, 0.1) is 40.4 Å². The molecule has 4 unspecified atom stereocenters. The Balaban J connectivity index is 0.977. The van der Waals surface area contributed by atoms with E-state index in [4.69, 9.17) is 0 Å². The summed E-state index contributed by atoms with van der Waals surface area (Å²) < 4.78 is 0. The van der Waals surface area contributed by atoms with Gasteiger partial charge in [-0.15, -0.1) is 0 Å². The van der Waals surface area contributed by atoms with E-state index in [0.717, 1.165) is 29.6 Å². The lowest BCUT2D eigenvalue weighted by Gasteiger charge is -2.60. The summed E-state index contributed by atoms with van der Waals surface area (Å²) in [5.74, 6) is 5.31. The molecule has 0 heterocycles. The van der Waals surface area contributed by atoms with Crippen LogP contribution in [0.5, 0.6) is 0 Å². The zero-order valence-corrected chi connectivity index (χ0v) is 27.9. The van der Waals surface area contributed by atoms with Crippen LogP contribution in [0.4, 0.5) is 0 Å². The second-order valence-electron chi connectivity index (χ2n) is 16.1. The second kappa shape index (κ2) is 17.3. The van der Waals surface area contributed by atoms with Crippen molar-refractivity contribution in [2.75, 3.05) is 13.1 Å². The van der Waals surface area contributed by atoms with Gasteiger partial charge in [0.05, 0.1) is 0 Å². The summed E-state index contributed by atoms with van der Waals surface area (Å²) in [6, 6.07) is 0. The summed E-state index contributed by atoms with van der Waals surface area (Å²) >= 11 is 0. The van der Waals surface area contributed by atoms with Gasteiger partial charge in [-0.25, -0.2) is 0 Å².